The molecule has 2 aromatic carbocycles. The highest BCUT2D eigenvalue weighted by atomic mass is 19.1. The lowest BCUT2D eigenvalue weighted by atomic mass is 10.1. The van der Waals surface area contributed by atoms with Gasteiger partial charge in [-0.2, -0.15) is 0 Å². The number of carboxylic acids is 1. The predicted molar refractivity (Wildman–Crippen MR) is 74.0 cm³/mol. The van der Waals surface area contributed by atoms with E-state index in [0.717, 1.165) is 0 Å². The normalized spacial score (nSPS) is 10.1. The molecule has 0 radical (unpaired) electrons. The molecule has 0 heterocycles. The van der Waals surface area contributed by atoms with Crippen molar-refractivity contribution in [2.45, 2.75) is 0 Å². The molecule has 2 aromatic rings. The van der Waals surface area contributed by atoms with Gasteiger partial charge >= 0.3 is 5.97 Å². The van der Waals surface area contributed by atoms with Crippen LogP contribution in [0.4, 0.5) is 21.5 Å². The zero-order chi connectivity index (χ0) is 14.7. The lowest BCUT2D eigenvalue weighted by Gasteiger charge is -2.12. The number of rotatable bonds is 4. The number of ether oxygens (including phenoxy) is 1. The lowest BCUT2D eigenvalue weighted by molar-refractivity contribution is 0.0697. The Kier molecular flexibility index (Phi) is 3.74. The Hall–Kier alpha value is -2.76. The van der Waals surface area contributed by atoms with E-state index in [1.807, 2.05) is 0 Å². The quantitative estimate of drug-likeness (QED) is 0.748. The molecule has 0 fully saturated rings. The molecule has 5 nitrogen and oxygen atoms in total. The molecule has 0 spiro atoms. The van der Waals surface area contributed by atoms with Crippen molar-refractivity contribution in [2.75, 3.05) is 18.2 Å². The minimum Gasteiger partial charge on any atom is -0.497 e. The molecule has 20 heavy (non-hydrogen) atoms. The summed E-state index contributed by atoms with van der Waals surface area (Å²) in [7, 11) is 1.47. The Balaban J connectivity index is 2.38. The average molecular weight is 276 g/mol. The Morgan fingerprint density at radius 3 is 2.65 bits per heavy atom. The van der Waals surface area contributed by atoms with Gasteiger partial charge in [0.15, 0.2) is 0 Å². The molecule has 0 atom stereocenters. The standard InChI is InChI=1S/C14H13FN2O3/c1-20-9-3-4-10(15)12(7-9)17-13-6-8(14(18)19)2-5-11(13)16/h2-7,17H,16H2,1H3,(H,18,19). The zero-order valence-electron chi connectivity index (χ0n) is 10.7. The number of nitrogens with two attached hydrogens (primary N) is 1. The van der Waals surface area contributed by atoms with Crippen molar-refractivity contribution >= 4 is 23.0 Å². The average Bonchev–Trinajstić information content (AvgIpc) is 2.43. The topological polar surface area (TPSA) is 84.6 Å². The van der Waals surface area contributed by atoms with Crippen LogP contribution in [0.2, 0.25) is 0 Å². The number of nitrogen functional groups attached to an aromatic ring is 1. The lowest BCUT2D eigenvalue weighted by Crippen LogP contribution is -2.02. The van der Waals surface area contributed by atoms with Crippen LogP contribution in [0, 0.1) is 5.82 Å². The van der Waals surface area contributed by atoms with Gasteiger partial charge in [0.1, 0.15) is 11.6 Å². The van der Waals surface area contributed by atoms with E-state index in [2.05, 4.69) is 5.32 Å². The maximum absolute atomic E-state index is 13.7. The number of methoxy groups -OCH3 is 1. The maximum Gasteiger partial charge on any atom is 0.335 e. The summed E-state index contributed by atoms with van der Waals surface area (Å²) in [5.74, 6) is -1.10. The summed E-state index contributed by atoms with van der Waals surface area (Å²) in [5.41, 5.74) is 6.59. The van der Waals surface area contributed by atoms with E-state index in [0.29, 0.717) is 17.1 Å². The van der Waals surface area contributed by atoms with Crippen LogP contribution in [0.5, 0.6) is 5.75 Å². The van der Waals surface area contributed by atoms with E-state index < -0.39 is 11.8 Å². The summed E-state index contributed by atoms with van der Waals surface area (Å²) in [6, 6.07) is 8.36. The second-order valence-corrected chi connectivity index (χ2v) is 4.08. The third-order valence-electron chi connectivity index (χ3n) is 2.74. The van der Waals surface area contributed by atoms with Crippen molar-refractivity contribution < 1.29 is 19.0 Å². The maximum atomic E-state index is 13.7. The second-order valence-electron chi connectivity index (χ2n) is 4.08. The minimum absolute atomic E-state index is 0.0602. The van der Waals surface area contributed by atoms with Crippen molar-refractivity contribution in [3.63, 3.8) is 0 Å². The van der Waals surface area contributed by atoms with Gasteiger partial charge in [-0.05, 0) is 30.3 Å². The fourth-order valence-electron chi connectivity index (χ4n) is 1.67. The summed E-state index contributed by atoms with van der Waals surface area (Å²) in [4.78, 5) is 10.9. The molecule has 0 unspecified atom stereocenters. The Labute approximate surface area is 114 Å². The first-order chi connectivity index (χ1) is 9.51. The van der Waals surface area contributed by atoms with Crippen LogP contribution in [-0.4, -0.2) is 18.2 Å². The highest BCUT2D eigenvalue weighted by molar-refractivity contribution is 5.91. The molecular formula is C14H13FN2O3. The molecule has 0 saturated heterocycles. The first-order valence-electron chi connectivity index (χ1n) is 5.74. The third kappa shape index (κ3) is 2.80. The Morgan fingerprint density at radius 1 is 1.25 bits per heavy atom. The number of carbonyl (C=O) groups is 1. The summed E-state index contributed by atoms with van der Waals surface area (Å²) in [6.07, 6.45) is 0. The number of aromatic carboxylic acids is 1. The van der Waals surface area contributed by atoms with E-state index in [-0.39, 0.29) is 11.3 Å². The number of hydrogen-bond acceptors (Lipinski definition) is 4. The zero-order valence-corrected chi connectivity index (χ0v) is 10.7. The molecule has 0 aromatic heterocycles. The third-order valence-corrected chi connectivity index (χ3v) is 2.74. The molecular weight excluding hydrogens is 263 g/mol. The van der Waals surface area contributed by atoms with Crippen LogP contribution < -0.4 is 15.8 Å². The summed E-state index contributed by atoms with van der Waals surface area (Å²) >= 11 is 0. The molecule has 4 N–H and O–H groups in total. The number of carboxylic acid groups (broad SMARTS) is 1. The van der Waals surface area contributed by atoms with Crippen molar-refractivity contribution in [1.82, 2.24) is 0 Å². The van der Waals surface area contributed by atoms with E-state index >= 15 is 0 Å². The largest absolute Gasteiger partial charge is 0.497 e. The fraction of sp³-hybridized carbons (Fsp3) is 0.0714. The van der Waals surface area contributed by atoms with Crippen molar-refractivity contribution in [3.05, 3.63) is 47.8 Å². The van der Waals surface area contributed by atoms with Crippen molar-refractivity contribution in [1.29, 1.82) is 0 Å². The van der Waals surface area contributed by atoms with E-state index in [1.54, 1.807) is 0 Å². The number of nitrogens with one attached hydrogen (secondary N) is 1. The van der Waals surface area contributed by atoms with Crippen molar-refractivity contribution in [2.24, 2.45) is 0 Å². The molecule has 0 aliphatic rings. The molecule has 0 aliphatic carbocycles. The minimum atomic E-state index is -1.08. The predicted octanol–water partition coefficient (Wildman–Crippen LogP) is 2.86. The SMILES string of the molecule is COc1ccc(F)c(Nc2cc(C(=O)O)ccc2N)c1. The highest BCUT2D eigenvalue weighted by Gasteiger charge is 2.10. The van der Waals surface area contributed by atoms with Gasteiger partial charge in [0, 0.05) is 6.07 Å². The van der Waals surface area contributed by atoms with E-state index in [1.165, 1.54) is 43.5 Å². The van der Waals surface area contributed by atoms with Crippen LogP contribution in [-0.2, 0) is 0 Å². The van der Waals surface area contributed by atoms with Gasteiger partial charge in [-0.15, -0.1) is 0 Å². The van der Waals surface area contributed by atoms with Gasteiger partial charge in [0.2, 0.25) is 0 Å². The number of hydrogen-bond donors (Lipinski definition) is 3. The van der Waals surface area contributed by atoms with Gasteiger partial charge < -0.3 is 20.9 Å². The van der Waals surface area contributed by atoms with Crippen molar-refractivity contribution in [3.8, 4) is 5.75 Å². The first-order valence-corrected chi connectivity index (χ1v) is 5.74. The molecule has 2 rings (SSSR count). The molecule has 0 amide bonds. The number of benzene rings is 2. The first kappa shape index (κ1) is 13.7. The monoisotopic (exact) mass is 276 g/mol. The van der Waals surface area contributed by atoms with Crippen LogP contribution >= 0.6 is 0 Å². The number of anilines is 3. The van der Waals surface area contributed by atoms with Gasteiger partial charge in [0.25, 0.3) is 0 Å². The fourth-order valence-corrected chi connectivity index (χ4v) is 1.67. The van der Waals surface area contributed by atoms with Crippen LogP contribution in [0.1, 0.15) is 10.4 Å². The Morgan fingerprint density at radius 2 is 2.00 bits per heavy atom. The van der Waals surface area contributed by atoms with Gasteiger partial charge in [-0.25, -0.2) is 9.18 Å². The van der Waals surface area contributed by atoms with E-state index in [4.69, 9.17) is 15.6 Å². The summed E-state index contributed by atoms with van der Waals surface area (Å²) in [6.45, 7) is 0. The van der Waals surface area contributed by atoms with Crippen LogP contribution in [0.25, 0.3) is 0 Å². The molecule has 0 aliphatic heterocycles. The molecule has 0 bridgehead atoms. The highest BCUT2D eigenvalue weighted by Crippen LogP contribution is 2.28. The molecule has 104 valence electrons. The van der Waals surface area contributed by atoms with E-state index in [9.17, 15) is 9.18 Å². The smallest absolute Gasteiger partial charge is 0.335 e. The van der Waals surface area contributed by atoms with Gasteiger partial charge in [0.05, 0.1) is 29.7 Å². The Bertz CT molecular complexity index is 659. The molecule has 6 heteroatoms. The van der Waals surface area contributed by atoms with Crippen LogP contribution in [0.15, 0.2) is 36.4 Å². The second kappa shape index (κ2) is 5.48. The summed E-state index contributed by atoms with van der Waals surface area (Å²) in [5, 5.41) is 11.7. The number of halogens is 1. The van der Waals surface area contributed by atoms with Crippen LogP contribution in [0.3, 0.4) is 0 Å². The van der Waals surface area contributed by atoms with Gasteiger partial charge in [-0.3, -0.25) is 0 Å². The van der Waals surface area contributed by atoms with Gasteiger partial charge in [-0.1, -0.05) is 0 Å². The molecule has 0 saturated carbocycles. The summed E-state index contributed by atoms with van der Waals surface area (Å²) < 4.78 is 18.7.